The molecule has 136 valence electrons. The molecule has 2 aromatic rings. The number of hydrogen-bond donors (Lipinski definition) is 2. The van der Waals surface area contributed by atoms with E-state index in [1.807, 2.05) is 6.33 Å². The summed E-state index contributed by atoms with van der Waals surface area (Å²) in [5.74, 6) is 1.46. The van der Waals surface area contributed by atoms with Crippen molar-refractivity contribution in [2.45, 2.75) is 57.7 Å². The molecule has 3 atom stereocenters. The first-order valence-corrected chi connectivity index (χ1v) is 9.53. The van der Waals surface area contributed by atoms with E-state index in [9.17, 15) is 5.11 Å². The van der Waals surface area contributed by atoms with Crippen LogP contribution in [-0.2, 0) is 6.54 Å². The zero-order valence-corrected chi connectivity index (χ0v) is 15.1. The normalized spacial score (nSPS) is 28.6. The third-order valence-electron chi connectivity index (χ3n) is 6.02. The minimum Gasteiger partial charge on any atom is -0.391 e. The molecule has 2 aromatic heterocycles. The van der Waals surface area contributed by atoms with Gasteiger partial charge in [0.25, 0.3) is 0 Å². The highest BCUT2D eigenvalue weighted by Gasteiger charge is 2.58. The minimum atomic E-state index is -0.192. The predicted octanol–water partition coefficient (Wildman–Crippen LogP) is 1.57. The molecule has 3 heterocycles. The number of piperidine rings is 1. The average molecular weight is 344 g/mol. The summed E-state index contributed by atoms with van der Waals surface area (Å²) < 4.78 is 2.13. The van der Waals surface area contributed by atoms with Gasteiger partial charge in [-0.2, -0.15) is 0 Å². The number of nitrogens with zero attached hydrogens (tertiary/aromatic N) is 5. The molecule has 0 radical (unpaired) electrons. The summed E-state index contributed by atoms with van der Waals surface area (Å²) in [6, 6.07) is 0. The molecule has 2 N–H and O–H groups in total. The van der Waals surface area contributed by atoms with Crippen LogP contribution in [0.1, 0.15) is 39.5 Å². The van der Waals surface area contributed by atoms with Gasteiger partial charge in [0.15, 0.2) is 17.0 Å². The summed E-state index contributed by atoms with van der Waals surface area (Å²) in [6.07, 6.45) is 7.46. The summed E-state index contributed by atoms with van der Waals surface area (Å²) in [7, 11) is 0. The second kappa shape index (κ2) is 6.53. The molecule has 2 fully saturated rings. The van der Waals surface area contributed by atoms with Crippen molar-refractivity contribution in [3.63, 3.8) is 0 Å². The van der Waals surface area contributed by atoms with E-state index in [0.29, 0.717) is 5.92 Å². The predicted molar refractivity (Wildman–Crippen MR) is 97.6 cm³/mol. The lowest BCUT2D eigenvalue weighted by Gasteiger charge is -2.30. The van der Waals surface area contributed by atoms with E-state index in [1.54, 1.807) is 6.33 Å². The monoisotopic (exact) mass is 344 g/mol. The zero-order chi connectivity index (χ0) is 17.4. The van der Waals surface area contributed by atoms with Gasteiger partial charge in [0.2, 0.25) is 0 Å². The SMILES string of the molecule is CCN(CC)c1ncnc2c1ncn2CCC1CC12NCCC[C@@H]2O. The number of aliphatic hydroxyl groups excluding tert-OH is 1. The highest BCUT2D eigenvalue weighted by molar-refractivity contribution is 5.83. The molecule has 0 bridgehead atoms. The van der Waals surface area contributed by atoms with E-state index in [2.05, 4.69) is 43.6 Å². The Kier molecular flexibility index (Phi) is 4.37. The molecule has 2 unspecified atom stereocenters. The molecule has 1 aliphatic carbocycles. The number of aromatic nitrogens is 4. The maximum absolute atomic E-state index is 10.3. The molecular weight excluding hydrogens is 316 g/mol. The molecule has 4 rings (SSSR count). The second-order valence-corrected chi connectivity index (χ2v) is 7.29. The van der Waals surface area contributed by atoms with Crippen molar-refractivity contribution < 1.29 is 5.11 Å². The van der Waals surface area contributed by atoms with Crippen molar-refractivity contribution in [3.05, 3.63) is 12.7 Å². The first-order chi connectivity index (χ1) is 12.2. The Labute approximate surface area is 148 Å². The largest absolute Gasteiger partial charge is 0.391 e. The molecule has 1 saturated heterocycles. The molecule has 7 nitrogen and oxygen atoms in total. The maximum Gasteiger partial charge on any atom is 0.165 e. The van der Waals surface area contributed by atoms with E-state index >= 15 is 0 Å². The summed E-state index contributed by atoms with van der Waals surface area (Å²) in [6.45, 7) is 7.98. The standard InChI is InChI=1S/C18H28N6O/c1-3-23(4-2)16-15-17(20-11-19-16)24(12-21-15)9-7-13-10-18(13)14(25)6-5-8-22-18/h11-14,22,25H,3-10H2,1-2H3/t13?,14-,18?/m0/s1. The lowest BCUT2D eigenvalue weighted by Crippen LogP contribution is -2.48. The molecule has 25 heavy (non-hydrogen) atoms. The van der Waals surface area contributed by atoms with Gasteiger partial charge in [-0.25, -0.2) is 15.0 Å². The third-order valence-corrected chi connectivity index (χ3v) is 6.02. The number of fused-ring (bicyclic) bond motifs is 1. The Morgan fingerprint density at radius 3 is 2.92 bits per heavy atom. The van der Waals surface area contributed by atoms with E-state index in [4.69, 9.17) is 0 Å². The van der Waals surface area contributed by atoms with Crippen LogP contribution in [0.25, 0.3) is 11.2 Å². The van der Waals surface area contributed by atoms with Crippen LogP contribution in [0, 0.1) is 5.92 Å². The smallest absolute Gasteiger partial charge is 0.165 e. The maximum atomic E-state index is 10.3. The van der Waals surface area contributed by atoms with Crippen molar-refractivity contribution in [3.8, 4) is 0 Å². The van der Waals surface area contributed by atoms with Gasteiger partial charge in [0.05, 0.1) is 12.4 Å². The molecule has 0 amide bonds. The first kappa shape index (κ1) is 16.7. The van der Waals surface area contributed by atoms with E-state index in [0.717, 1.165) is 68.8 Å². The van der Waals surface area contributed by atoms with Gasteiger partial charge in [-0.05, 0) is 52.0 Å². The molecule has 1 spiro atoms. The summed E-state index contributed by atoms with van der Waals surface area (Å²) >= 11 is 0. The van der Waals surface area contributed by atoms with Gasteiger partial charge in [-0.15, -0.1) is 0 Å². The lowest BCUT2D eigenvalue weighted by atomic mass is 9.96. The van der Waals surface area contributed by atoms with Crippen LogP contribution in [0.3, 0.4) is 0 Å². The van der Waals surface area contributed by atoms with Crippen LogP contribution in [-0.4, -0.2) is 55.9 Å². The topological polar surface area (TPSA) is 79.1 Å². The zero-order valence-electron chi connectivity index (χ0n) is 15.1. The number of aryl methyl sites for hydroxylation is 1. The van der Waals surface area contributed by atoms with E-state index in [-0.39, 0.29) is 11.6 Å². The summed E-state index contributed by atoms with van der Waals surface area (Å²) in [4.78, 5) is 15.7. The lowest BCUT2D eigenvalue weighted by molar-refractivity contribution is 0.0750. The fraction of sp³-hybridized carbons (Fsp3) is 0.722. The number of imidazole rings is 1. The van der Waals surface area contributed by atoms with Crippen LogP contribution < -0.4 is 10.2 Å². The van der Waals surface area contributed by atoms with Crippen LogP contribution in [0.2, 0.25) is 0 Å². The molecule has 7 heteroatoms. The van der Waals surface area contributed by atoms with Gasteiger partial charge in [-0.1, -0.05) is 0 Å². The molecule has 0 aromatic carbocycles. The quantitative estimate of drug-likeness (QED) is 0.828. The Morgan fingerprint density at radius 2 is 2.16 bits per heavy atom. The van der Waals surface area contributed by atoms with Crippen LogP contribution in [0.5, 0.6) is 0 Å². The van der Waals surface area contributed by atoms with Crippen molar-refractivity contribution in [1.29, 1.82) is 0 Å². The molecule has 1 aliphatic heterocycles. The van der Waals surface area contributed by atoms with Gasteiger partial charge in [-0.3, -0.25) is 0 Å². The van der Waals surface area contributed by atoms with Crippen LogP contribution in [0.4, 0.5) is 5.82 Å². The van der Waals surface area contributed by atoms with Gasteiger partial charge < -0.3 is 19.9 Å². The van der Waals surface area contributed by atoms with Gasteiger partial charge >= 0.3 is 0 Å². The Morgan fingerprint density at radius 1 is 1.32 bits per heavy atom. The minimum absolute atomic E-state index is 0.0179. The van der Waals surface area contributed by atoms with E-state index < -0.39 is 0 Å². The number of aliphatic hydroxyl groups is 1. The Hall–Kier alpha value is -1.73. The van der Waals surface area contributed by atoms with Crippen LogP contribution in [0.15, 0.2) is 12.7 Å². The molecule has 1 saturated carbocycles. The third kappa shape index (κ3) is 2.79. The Bertz CT molecular complexity index is 742. The highest BCUT2D eigenvalue weighted by Crippen LogP contribution is 2.51. The van der Waals surface area contributed by atoms with Crippen molar-refractivity contribution in [2.24, 2.45) is 5.92 Å². The van der Waals surface area contributed by atoms with Crippen molar-refractivity contribution in [1.82, 2.24) is 24.8 Å². The summed E-state index contributed by atoms with van der Waals surface area (Å²) in [5, 5.41) is 13.9. The van der Waals surface area contributed by atoms with Gasteiger partial charge in [0, 0.05) is 25.2 Å². The number of rotatable bonds is 6. The highest BCUT2D eigenvalue weighted by atomic mass is 16.3. The fourth-order valence-electron chi connectivity index (χ4n) is 4.41. The van der Waals surface area contributed by atoms with E-state index in [1.165, 1.54) is 0 Å². The van der Waals surface area contributed by atoms with Crippen LogP contribution >= 0.6 is 0 Å². The van der Waals surface area contributed by atoms with Crippen molar-refractivity contribution >= 4 is 17.0 Å². The fourth-order valence-corrected chi connectivity index (χ4v) is 4.41. The average Bonchev–Trinajstić information content (AvgIpc) is 3.16. The molecular formula is C18H28N6O. The number of nitrogens with one attached hydrogen (secondary N) is 1. The number of anilines is 1. The number of hydrogen-bond acceptors (Lipinski definition) is 6. The Balaban J connectivity index is 1.49. The second-order valence-electron chi connectivity index (χ2n) is 7.29. The molecule has 2 aliphatic rings. The van der Waals surface area contributed by atoms with Gasteiger partial charge in [0.1, 0.15) is 6.33 Å². The summed E-state index contributed by atoms with van der Waals surface area (Å²) in [5.41, 5.74) is 1.77. The van der Waals surface area contributed by atoms with Crippen molar-refractivity contribution in [2.75, 3.05) is 24.5 Å². The first-order valence-electron chi connectivity index (χ1n) is 9.53.